The average Bonchev–Trinajstić information content (AvgIpc) is 2.48. The van der Waals surface area contributed by atoms with Gasteiger partial charge in [-0.25, -0.2) is 8.42 Å². The van der Waals surface area contributed by atoms with Crippen molar-refractivity contribution < 1.29 is 8.42 Å². The van der Waals surface area contributed by atoms with Gasteiger partial charge in [0.25, 0.3) is 0 Å². The zero-order valence-corrected chi connectivity index (χ0v) is 15.1. The van der Waals surface area contributed by atoms with Gasteiger partial charge in [0.2, 0.25) is 0 Å². The van der Waals surface area contributed by atoms with Gasteiger partial charge in [0.1, 0.15) is 0 Å². The quantitative estimate of drug-likeness (QED) is 0.591. The van der Waals surface area contributed by atoms with Crippen molar-refractivity contribution in [2.75, 3.05) is 34.9 Å². The highest BCUT2D eigenvalue weighted by molar-refractivity contribution is 7.99. The number of benzene rings is 1. The first kappa shape index (κ1) is 15.9. The molecule has 0 aromatic heterocycles. The molecule has 1 saturated heterocycles. The normalized spacial score (nSPS) is 16.9. The molecule has 0 amide bonds. The second-order valence-corrected chi connectivity index (χ2v) is 11.1. The Labute approximate surface area is 128 Å². The molecule has 2 rings (SSSR count). The molecule has 3 nitrogen and oxygen atoms in total. The van der Waals surface area contributed by atoms with Crippen molar-refractivity contribution in [2.24, 2.45) is 0 Å². The van der Waals surface area contributed by atoms with Crippen LogP contribution in [0.5, 0.6) is 0 Å². The lowest BCUT2D eigenvalue weighted by molar-refractivity contribution is 0.600. The molecule has 20 heavy (non-hydrogen) atoms. The second kappa shape index (κ2) is 7.52. The van der Waals surface area contributed by atoms with Crippen molar-refractivity contribution in [1.29, 1.82) is 0 Å². The lowest BCUT2D eigenvalue weighted by Crippen LogP contribution is -2.32. The van der Waals surface area contributed by atoms with Crippen LogP contribution in [0.2, 0.25) is 6.04 Å². The van der Waals surface area contributed by atoms with Crippen LogP contribution in [0.25, 0.3) is 0 Å². The molecule has 1 fully saturated rings. The maximum absolute atomic E-state index is 12.2. The zero-order valence-electron chi connectivity index (χ0n) is 12.0. The molecule has 0 bridgehead atoms. The summed E-state index contributed by atoms with van der Waals surface area (Å²) in [5.41, 5.74) is 1.15. The van der Waals surface area contributed by atoms with Gasteiger partial charge < -0.3 is 4.90 Å². The first-order chi connectivity index (χ1) is 9.63. The van der Waals surface area contributed by atoms with E-state index in [9.17, 15) is 8.42 Å². The Balaban J connectivity index is 2.03. The molecular formula is C14H23NO2S2Si. The number of anilines is 1. The molecule has 1 aromatic carbocycles. The molecule has 6 heteroatoms. The van der Waals surface area contributed by atoms with Gasteiger partial charge in [-0.05, 0) is 24.3 Å². The zero-order chi connectivity index (χ0) is 14.4. The fourth-order valence-corrected chi connectivity index (χ4v) is 7.58. The van der Waals surface area contributed by atoms with Gasteiger partial charge in [-0.2, -0.15) is 11.8 Å². The molecule has 1 aliphatic heterocycles. The SMILES string of the molecule is CCC[SiH2]CS(=O)(=O)c1ccc(N2CCSCC2)cc1. The molecule has 112 valence electrons. The number of hydrogen-bond donors (Lipinski definition) is 0. The number of rotatable bonds is 6. The van der Waals surface area contributed by atoms with E-state index in [2.05, 4.69) is 11.8 Å². The Hall–Kier alpha value is -0.463. The van der Waals surface area contributed by atoms with Crippen molar-refractivity contribution >= 4 is 36.8 Å². The van der Waals surface area contributed by atoms with Gasteiger partial charge in [-0.3, -0.25) is 0 Å². The summed E-state index contributed by atoms with van der Waals surface area (Å²) in [5.74, 6) is 2.31. The summed E-state index contributed by atoms with van der Waals surface area (Å²) >= 11 is 1.98. The van der Waals surface area contributed by atoms with Gasteiger partial charge in [0, 0.05) is 45.2 Å². The minimum Gasteiger partial charge on any atom is -0.370 e. The van der Waals surface area contributed by atoms with Gasteiger partial charge >= 0.3 is 0 Å². The maximum Gasteiger partial charge on any atom is 0.175 e. The van der Waals surface area contributed by atoms with Crippen molar-refractivity contribution in [3.8, 4) is 0 Å². The number of thioether (sulfide) groups is 1. The predicted molar refractivity (Wildman–Crippen MR) is 91.7 cm³/mol. The monoisotopic (exact) mass is 329 g/mol. The largest absolute Gasteiger partial charge is 0.370 e. The smallest absolute Gasteiger partial charge is 0.175 e. The van der Waals surface area contributed by atoms with E-state index in [-0.39, 0.29) is 0 Å². The van der Waals surface area contributed by atoms with Crippen molar-refractivity contribution in [3.63, 3.8) is 0 Å². The Bertz CT molecular complexity index is 510. The Morgan fingerprint density at radius 3 is 2.45 bits per heavy atom. The fourth-order valence-electron chi connectivity index (χ4n) is 2.35. The third-order valence-corrected chi connectivity index (χ3v) is 10.0. The molecule has 0 N–H and O–H groups in total. The van der Waals surface area contributed by atoms with Crippen LogP contribution in [-0.2, 0) is 9.84 Å². The van der Waals surface area contributed by atoms with E-state index in [0.717, 1.165) is 42.7 Å². The summed E-state index contributed by atoms with van der Waals surface area (Å²) in [4.78, 5) is 2.83. The minimum absolute atomic E-state index is 0.403. The summed E-state index contributed by atoms with van der Waals surface area (Å²) in [6.45, 7) is 4.23. The minimum atomic E-state index is -3.04. The fraction of sp³-hybridized carbons (Fsp3) is 0.571. The van der Waals surface area contributed by atoms with E-state index in [1.165, 1.54) is 0 Å². The Morgan fingerprint density at radius 1 is 1.20 bits per heavy atom. The molecule has 1 aromatic rings. The molecule has 0 radical (unpaired) electrons. The van der Waals surface area contributed by atoms with E-state index < -0.39 is 19.4 Å². The van der Waals surface area contributed by atoms with Gasteiger partial charge in [0.05, 0.1) is 4.90 Å². The molecular weight excluding hydrogens is 306 g/mol. The summed E-state index contributed by atoms with van der Waals surface area (Å²) < 4.78 is 24.4. The third kappa shape index (κ3) is 4.26. The molecule has 0 aliphatic carbocycles. The second-order valence-electron chi connectivity index (χ2n) is 5.12. The molecule has 0 saturated carbocycles. The third-order valence-electron chi connectivity index (χ3n) is 3.59. The summed E-state index contributed by atoms with van der Waals surface area (Å²) in [6, 6.07) is 8.61. The molecule has 0 spiro atoms. The van der Waals surface area contributed by atoms with Crippen LogP contribution in [0.1, 0.15) is 13.3 Å². The van der Waals surface area contributed by atoms with E-state index in [4.69, 9.17) is 0 Å². The van der Waals surface area contributed by atoms with Gasteiger partial charge in [0.15, 0.2) is 9.84 Å². The maximum atomic E-state index is 12.2. The first-order valence-corrected chi connectivity index (χ1v) is 12.1. The summed E-state index contributed by atoms with van der Waals surface area (Å²) in [6.07, 6.45) is 1.10. The van der Waals surface area contributed by atoms with Crippen molar-refractivity contribution in [3.05, 3.63) is 24.3 Å². The van der Waals surface area contributed by atoms with Crippen LogP contribution in [0.4, 0.5) is 5.69 Å². The van der Waals surface area contributed by atoms with Crippen LogP contribution < -0.4 is 4.90 Å². The standard InChI is InChI=1S/C14H23NO2S2Si/c1-2-11-20-12-19(16,17)14-5-3-13(4-6-14)15-7-9-18-10-8-15/h3-6H,2,7-12,20H2,1H3. The summed E-state index contributed by atoms with van der Waals surface area (Å²) in [7, 11) is -3.51. The molecule has 0 unspecified atom stereocenters. The van der Waals surface area contributed by atoms with Crippen molar-refractivity contribution in [1.82, 2.24) is 0 Å². The average molecular weight is 330 g/mol. The van der Waals surface area contributed by atoms with Gasteiger partial charge in [-0.15, -0.1) is 0 Å². The van der Waals surface area contributed by atoms with Crippen LogP contribution in [0.3, 0.4) is 0 Å². The lowest BCUT2D eigenvalue weighted by atomic mass is 10.3. The van der Waals surface area contributed by atoms with Gasteiger partial charge in [-0.1, -0.05) is 19.4 Å². The molecule has 0 atom stereocenters. The van der Waals surface area contributed by atoms with Crippen LogP contribution in [-0.4, -0.2) is 47.9 Å². The highest BCUT2D eigenvalue weighted by Gasteiger charge is 2.15. The van der Waals surface area contributed by atoms with E-state index in [1.54, 1.807) is 12.1 Å². The number of hydrogen-bond acceptors (Lipinski definition) is 4. The van der Waals surface area contributed by atoms with Crippen molar-refractivity contribution in [2.45, 2.75) is 24.3 Å². The van der Waals surface area contributed by atoms with Crippen LogP contribution in [0, 0.1) is 0 Å². The Kier molecular flexibility index (Phi) is 5.98. The van der Waals surface area contributed by atoms with Crippen LogP contribution in [0.15, 0.2) is 29.2 Å². The van der Waals surface area contributed by atoms with Crippen LogP contribution >= 0.6 is 11.8 Å². The Morgan fingerprint density at radius 2 is 1.85 bits per heavy atom. The highest BCUT2D eigenvalue weighted by atomic mass is 32.2. The number of sulfone groups is 1. The molecule has 1 heterocycles. The topological polar surface area (TPSA) is 37.4 Å². The first-order valence-electron chi connectivity index (χ1n) is 7.29. The highest BCUT2D eigenvalue weighted by Crippen LogP contribution is 2.21. The van der Waals surface area contributed by atoms with E-state index in [1.807, 2.05) is 23.9 Å². The lowest BCUT2D eigenvalue weighted by Gasteiger charge is -2.28. The predicted octanol–water partition coefficient (Wildman–Crippen LogP) is 1.97. The van der Waals surface area contributed by atoms with E-state index >= 15 is 0 Å². The molecule has 1 aliphatic rings. The van der Waals surface area contributed by atoms with E-state index in [0.29, 0.717) is 10.3 Å². The number of nitrogens with zero attached hydrogens (tertiary/aromatic N) is 1. The summed E-state index contributed by atoms with van der Waals surface area (Å²) in [5, 5.41) is 0.403.